The van der Waals surface area contributed by atoms with Crippen LogP contribution in [0.5, 0.6) is 0 Å². The summed E-state index contributed by atoms with van der Waals surface area (Å²) in [6.45, 7) is 0.143. The predicted octanol–water partition coefficient (Wildman–Crippen LogP) is 2.26. The van der Waals surface area contributed by atoms with Gasteiger partial charge in [-0.1, -0.05) is 19.8 Å². The molecule has 1 aliphatic carbocycles. The molecule has 3 nitrogen and oxygen atoms in total. The number of hydrogen-bond donors (Lipinski definition) is 1. The summed E-state index contributed by atoms with van der Waals surface area (Å²) in [5, 5.41) is 2.72. The minimum absolute atomic E-state index is 0.0748. The first-order valence-corrected chi connectivity index (χ1v) is 5.82. The Labute approximate surface area is 98.7 Å². The summed E-state index contributed by atoms with van der Waals surface area (Å²) >= 11 is 0. The Morgan fingerprint density at radius 2 is 2.00 bits per heavy atom. The normalized spacial score (nSPS) is 25.6. The number of amides is 1. The maximum absolute atomic E-state index is 11.8. The third kappa shape index (κ3) is 5.91. The molecule has 0 aromatic carbocycles. The summed E-state index contributed by atoms with van der Waals surface area (Å²) in [5.74, 6) is -0.0803. The standard InChI is InChI=1S/C11H18F3NO2/c1-8-4-2-3-5-9(8)15-10(16)6-17-7-11(12,13)14/h8-9H,2-7H2,1H3,(H,15,16)/t8-,9+/m0/s1. The van der Waals surface area contributed by atoms with Gasteiger partial charge >= 0.3 is 6.18 Å². The molecule has 0 aromatic rings. The van der Waals surface area contributed by atoms with E-state index in [1.54, 1.807) is 0 Å². The van der Waals surface area contributed by atoms with Crippen molar-refractivity contribution in [1.82, 2.24) is 5.32 Å². The van der Waals surface area contributed by atoms with Crippen LogP contribution in [0, 0.1) is 5.92 Å². The van der Waals surface area contributed by atoms with E-state index in [0.29, 0.717) is 5.92 Å². The molecule has 0 saturated heterocycles. The molecule has 100 valence electrons. The Hall–Kier alpha value is -0.780. The third-order valence-corrected chi connectivity index (χ3v) is 2.96. The highest BCUT2D eigenvalue weighted by Gasteiger charge is 2.28. The maximum Gasteiger partial charge on any atom is 0.411 e. The number of hydrogen-bond acceptors (Lipinski definition) is 2. The minimum Gasteiger partial charge on any atom is -0.362 e. The summed E-state index contributed by atoms with van der Waals surface area (Å²) < 4.78 is 39.6. The van der Waals surface area contributed by atoms with Gasteiger partial charge in [-0.2, -0.15) is 13.2 Å². The van der Waals surface area contributed by atoms with Gasteiger partial charge in [-0.3, -0.25) is 4.79 Å². The van der Waals surface area contributed by atoms with E-state index in [1.807, 2.05) is 6.92 Å². The third-order valence-electron chi connectivity index (χ3n) is 2.96. The van der Waals surface area contributed by atoms with E-state index in [1.165, 1.54) is 0 Å². The van der Waals surface area contributed by atoms with E-state index < -0.39 is 25.3 Å². The van der Waals surface area contributed by atoms with E-state index in [2.05, 4.69) is 10.1 Å². The first-order valence-electron chi connectivity index (χ1n) is 5.82. The van der Waals surface area contributed by atoms with Gasteiger partial charge in [0.05, 0.1) is 0 Å². The molecule has 1 N–H and O–H groups in total. The Morgan fingerprint density at radius 3 is 2.59 bits per heavy atom. The molecule has 0 bridgehead atoms. The Balaban J connectivity index is 2.20. The van der Waals surface area contributed by atoms with Crippen LogP contribution in [-0.4, -0.2) is 31.3 Å². The molecule has 0 unspecified atom stereocenters. The van der Waals surface area contributed by atoms with Crippen molar-refractivity contribution in [3.8, 4) is 0 Å². The maximum atomic E-state index is 11.8. The van der Waals surface area contributed by atoms with Crippen molar-refractivity contribution in [2.75, 3.05) is 13.2 Å². The molecular weight excluding hydrogens is 235 g/mol. The van der Waals surface area contributed by atoms with Gasteiger partial charge in [-0.05, 0) is 18.8 Å². The monoisotopic (exact) mass is 253 g/mol. The molecule has 0 heterocycles. The van der Waals surface area contributed by atoms with E-state index >= 15 is 0 Å². The van der Waals surface area contributed by atoms with Crippen LogP contribution < -0.4 is 5.32 Å². The number of carbonyl (C=O) groups is 1. The largest absolute Gasteiger partial charge is 0.411 e. The van der Waals surface area contributed by atoms with Crippen LogP contribution in [-0.2, 0) is 9.53 Å². The van der Waals surface area contributed by atoms with Crippen LogP contribution in [0.15, 0.2) is 0 Å². The van der Waals surface area contributed by atoms with Gasteiger partial charge in [-0.15, -0.1) is 0 Å². The van der Waals surface area contributed by atoms with Crippen molar-refractivity contribution in [2.24, 2.45) is 5.92 Å². The quantitative estimate of drug-likeness (QED) is 0.834. The average Bonchev–Trinajstić information content (AvgIpc) is 2.19. The number of halogens is 3. The lowest BCUT2D eigenvalue weighted by Gasteiger charge is -2.29. The topological polar surface area (TPSA) is 38.3 Å². The Bertz CT molecular complexity index is 256. The Kier molecular flexibility index (Phi) is 5.24. The lowest BCUT2D eigenvalue weighted by Crippen LogP contribution is -2.43. The highest BCUT2D eigenvalue weighted by atomic mass is 19.4. The summed E-state index contributed by atoms with van der Waals surface area (Å²) in [7, 11) is 0. The van der Waals surface area contributed by atoms with Gasteiger partial charge in [-0.25, -0.2) is 0 Å². The zero-order chi connectivity index (χ0) is 12.9. The fourth-order valence-electron chi connectivity index (χ4n) is 2.04. The van der Waals surface area contributed by atoms with Crippen molar-refractivity contribution in [1.29, 1.82) is 0 Å². The lowest BCUT2D eigenvalue weighted by atomic mass is 9.86. The van der Waals surface area contributed by atoms with Crippen molar-refractivity contribution in [2.45, 2.75) is 44.8 Å². The number of rotatable bonds is 4. The van der Waals surface area contributed by atoms with Gasteiger partial charge in [0, 0.05) is 6.04 Å². The molecular formula is C11H18F3NO2. The van der Waals surface area contributed by atoms with Crippen LogP contribution >= 0.6 is 0 Å². The van der Waals surface area contributed by atoms with Crippen molar-refractivity contribution in [3.63, 3.8) is 0 Å². The molecule has 6 heteroatoms. The fraction of sp³-hybridized carbons (Fsp3) is 0.909. The second-order valence-corrected chi connectivity index (χ2v) is 4.54. The number of alkyl halides is 3. The summed E-state index contributed by atoms with van der Waals surface area (Å²) in [4.78, 5) is 11.3. The molecule has 1 rings (SSSR count). The van der Waals surface area contributed by atoms with Crippen LogP contribution in [0.25, 0.3) is 0 Å². The highest BCUT2D eigenvalue weighted by molar-refractivity contribution is 5.77. The molecule has 1 aliphatic rings. The zero-order valence-corrected chi connectivity index (χ0v) is 9.85. The molecule has 0 radical (unpaired) electrons. The molecule has 1 saturated carbocycles. The molecule has 1 fully saturated rings. The highest BCUT2D eigenvalue weighted by Crippen LogP contribution is 2.23. The fourth-order valence-corrected chi connectivity index (χ4v) is 2.04. The van der Waals surface area contributed by atoms with Gasteiger partial charge < -0.3 is 10.1 Å². The Morgan fingerprint density at radius 1 is 1.35 bits per heavy atom. The molecule has 17 heavy (non-hydrogen) atoms. The van der Waals surface area contributed by atoms with E-state index in [9.17, 15) is 18.0 Å². The van der Waals surface area contributed by atoms with Crippen LogP contribution in [0.1, 0.15) is 32.6 Å². The number of ether oxygens (including phenoxy) is 1. The van der Waals surface area contributed by atoms with Crippen molar-refractivity contribution < 1.29 is 22.7 Å². The average molecular weight is 253 g/mol. The number of carbonyl (C=O) groups excluding carboxylic acids is 1. The van der Waals surface area contributed by atoms with Gasteiger partial charge in [0.15, 0.2) is 0 Å². The van der Waals surface area contributed by atoms with Crippen LogP contribution in [0.4, 0.5) is 13.2 Å². The van der Waals surface area contributed by atoms with Gasteiger partial charge in [0.1, 0.15) is 13.2 Å². The van der Waals surface area contributed by atoms with Gasteiger partial charge in [0.2, 0.25) is 5.91 Å². The smallest absolute Gasteiger partial charge is 0.362 e. The van der Waals surface area contributed by atoms with E-state index in [-0.39, 0.29) is 6.04 Å². The van der Waals surface area contributed by atoms with Crippen molar-refractivity contribution in [3.05, 3.63) is 0 Å². The molecule has 1 amide bonds. The van der Waals surface area contributed by atoms with Crippen molar-refractivity contribution >= 4 is 5.91 Å². The molecule has 2 atom stereocenters. The second-order valence-electron chi connectivity index (χ2n) is 4.54. The predicted molar refractivity (Wildman–Crippen MR) is 56.4 cm³/mol. The second kappa shape index (κ2) is 6.23. The minimum atomic E-state index is -4.38. The van der Waals surface area contributed by atoms with Crippen LogP contribution in [0.2, 0.25) is 0 Å². The van der Waals surface area contributed by atoms with E-state index in [4.69, 9.17) is 0 Å². The summed E-state index contributed by atoms with van der Waals surface area (Å²) in [6, 6.07) is 0.0748. The molecule has 0 spiro atoms. The molecule has 0 aliphatic heterocycles. The molecule has 0 aromatic heterocycles. The SMILES string of the molecule is C[C@H]1CCCC[C@H]1NC(=O)COCC(F)(F)F. The van der Waals surface area contributed by atoms with E-state index in [0.717, 1.165) is 25.7 Å². The van der Waals surface area contributed by atoms with Gasteiger partial charge in [0.25, 0.3) is 0 Å². The first-order chi connectivity index (χ1) is 7.88. The van der Waals surface area contributed by atoms with Crippen LogP contribution in [0.3, 0.4) is 0 Å². The zero-order valence-electron chi connectivity index (χ0n) is 9.85. The lowest BCUT2D eigenvalue weighted by molar-refractivity contribution is -0.175. The summed E-state index contributed by atoms with van der Waals surface area (Å²) in [6.07, 6.45) is -0.226. The summed E-state index contributed by atoms with van der Waals surface area (Å²) in [5.41, 5.74) is 0. The first kappa shape index (κ1) is 14.3. The number of nitrogens with one attached hydrogen (secondary N) is 1.